The van der Waals surface area contributed by atoms with E-state index < -0.39 is 0 Å². The Hall–Kier alpha value is -1.36. The number of amides is 1. The standard InChI is InChI=1S/C12H21N3O2/c1-5-12(3,4)14-11(16)8-13-7-10-6-9(2)17-15-10/h6,13H,5,7-8H2,1-4H3,(H,14,16). The molecule has 0 unspecified atom stereocenters. The zero-order chi connectivity index (χ0) is 12.9. The van der Waals surface area contributed by atoms with E-state index in [1.807, 2.05) is 33.8 Å². The Morgan fingerprint density at radius 1 is 1.53 bits per heavy atom. The van der Waals surface area contributed by atoms with Crippen molar-refractivity contribution in [1.82, 2.24) is 15.8 Å². The molecule has 0 aliphatic heterocycles. The molecule has 2 N–H and O–H groups in total. The minimum absolute atomic E-state index is 0.00272. The molecule has 0 aliphatic rings. The van der Waals surface area contributed by atoms with Gasteiger partial charge in [-0.25, -0.2) is 0 Å². The maximum Gasteiger partial charge on any atom is 0.234 e. The summed E-state index contributed by atoms with van der Waals surface area (Å²) >= 11 is 0. The third-order valence-corrected chi connectivity index (χ3v) is 2.63. The van der Waals surface area contributed by atoms with Crippen LogP contribution in [-0.4, -0.2) is 23.1 Å². The lowest BCUT2D eigenvalue weighted by Crippen LogP contribution is -2.46. The lowest BCUT2D eigenvalue weighted by atomic mass is 10.0. The summed E-state index contributed by atoms with van der Waals surface area (Å²) in [6, 6.07) is 1.85. The molecule has 96 valence electrons. The molecule has 0 aromatic carbocycles. The van der Waals surface area contributed by atoms with Crippen LogP contribution in [0.15, 0.2) is 10.6 Å². The molecule has 0 bridgehead atoms. The van der Waals surface area contributed by atoms with E-state index in [2.05, 4.69) is 15.8 Å². The van der Waals surface area contributed by atoms with E-state index in [4.69, 9.17) is 4.52 Å². The Bertz CT molecular complexity index is 372. The van der Waals surface area contributed by atoms with Gasteiger partial charge in [-0.3, -0.25) is 4.79 Å². The monoisotopic (exact) mass is 239 g/mol. The number of hydrogen-bond donors (Lipinski definition) is 2. The summed E-state index contributed by atoms with van der Waals surface area (Å²) in [5, 5.41) is 9.81. The average molecular weight is 239 g/mol. The van der Waals surface area contributed by atoms with Crippen LogP contribution in [0.5, 0.6) is 0 Å². The fraction of sp³-hybridized carbons (Fsp3) is 0.667. The molecule has 1 aromatic rings. The van der Waals surface area contributed by atoms with Crippen molar-refractivity contribution in [2.45, 2.75) is 46.2 Å². The molecule has 1 aromatic heterocycles. The van der Waals surface area contributed by atoms with Crippen molar-refractivity contribution in [1.29, 1.82) is 0 Å². The smallest absolute Gasteiger partial charge is 0.234 e. The molecule has 5 heteroatoms. The van der Waals surface area contributed by atoms with Crippen molar-refractivity contribution < 1.29 is 9.32 Å². The molecule has 5 nitrogen and oxygen atoms in total. The van der Waals surface area contributed by atoms with Crippen LogP contribution in [0.4, 0.5) is 0 Å². The summed E-state index contributed by atoms with van der Waals surface area (Å²) in [4.78, 5) is 11.6. The largest absolute Gasteiger partial charge is 0.361 e. The third kappa shape index (κ3) is 4.99. The van der Waals surface area contributed by atoms with Crippen molar-refractivity contribution in [3.8, 4) is 0 Å². The SMILES string of the molecule is CCC(C)(C)NC(=O)CNCc1cc(C)on1. The first kappa shape index (κ1) is 13.7. The number of aromatic nitrogens is 1. The van der Waals surface area contributed by atoms with Gasteiger partial charge >= 0.3 is 0 Å². The molecule has 1 heterocycles. The quantitative estimate of drug-likeness (QED) is 0.787. The number of nitrogens with zero attached hydrogens (tertiary/aromatic N) is 1. The van der Waals surface area contributed by atoms with Crippen molar-refractivity contribution in [3.63, 3.8) is 0 Å². The van der Waals surface area contributed by atoms with Crippen LogP contribution in [0.25, 0.3) is 0 Å². The van der Waals surface area contributed by atoms with Crippen LogP contribution in [0, 0.1) is 6.92 Å². The molecule has 1 rings (SSSR count). The Balaban J connectivity index is 2.25. The molecule has 0 saturated carbocycles. The number of hydrogen-bond acceptors (Lipinski definition) is 4. The van der Waals surface area contributed by atoms with Crippen molar-refractivity contribution in [2.24, 2.45) is 0 Å². The number of rotatable bonds is 6. The summed E-state index contributed by atoms with van der Waals surface area (Å²) in [5.74, 6) is 0.774. The van der Waals surface area contributed by atoms with Gasteiger partial charge in [0.15, 0.2) is 0 Å². The molecule has 0 aliphatic carbocycles. The van der Waals surface area contributed by atoms with Crippen LogP contribution >= 0.6 is 0 Å². The van der Waals surface area contributed by atoms with Gasteiger partial charge in [-0.05, 0) is 27.2 Å². The summed E-state index contributed by atoms with van der Waals surface area (Å²) in [6.45, 7) is 8.73. The lowest BCUT2D eigenvalue weighted by molar-refractivity contribution is -0.121. The molecular weight excluding hydrogens is 218 g/mol. The number of nitrogens with one attached hydrogen (secondary N) is 2. The Labute approximate surface area is 102 Å². The van der Waals surface area contributed by atoms with E-state index in [0.29, 0.717) is 6.54 Å². The van der Waals surface area contributed by atoms with Crippen LogP contribution in [0.3, 0.4) is 0 Å². The number of carbonyl (C=O) groups excluding carboxylic acids is 1. The van der Waals surface area contributed by atoms with Gasteiger partial charge in [-0.2, -0.15) is 0 Å². The maximum atomic E-state index is 11.6. The molecule has 0 saturated heterocycles. The third-order valence-electron chi connectivity index (χ3n) is 2.63. The normalized spacial score (nSPS) is 11.5. The average Bonchev–Trinajstić information content (AvgIpc) is 2.63. The van der Waals surface area contributed by atoms with Crippen molar-refractivity contribution >= 4 is 5.91 Å². The fourth-order valence-corrected chi connectivity index (χ4v) is 1.32. The first-order chi connectivity index (χ1) is 7.93. The Morgan fingerprint density at radius 3 is 2.76 bits per heavy atom. The number of carbonyl (C=O) groups is 1. The predicted molar refractivity (Wildman–Crippen MR) is 65.5 cm³/mol. The summed E-state index contributed by atoms with van der Waals surface area (Å²) in [5.41, 5.74) is 0.661. The van der Waals surface area contributed by atoms with Gasteiger partial charge in [0.25, 0.3) is 0 Å². The fourth-order valence-electron chi connectivity index (χ4n) is 1.32. The Kier molecular flexibility index (Phi) is 4.69. The summed E-state index contributed by atoms with van der Waals surface area (Å²) in [7, 11) is 0. The van der Waals surface area contributed by atoms with E-state index in [0.717, 1.165) is 17.9 Å². The highest BCUT2D eigenvalue weighted by Crippen LogP contribution is 2.06. The van der Waals surface area contributed by atoms with Crippen molar-refractivity contribution in [3.05, 3.63) is 17.5 Å². The van der Waals surface area contributed by atoms with E-state index in [9.17, 15) is 4.79 Å². The predicted octanol–water partition coefficient (Wildman–Crippen LogP) is 1.38. The first-order valence-electron chi connectivity index (χ1n) is 5.87. The molecule has 0 radical (unpaired) electrons. The van der Waals surface area contributed by atoms with Crippen LogP contribution in [-0.2, 0) is 11.3 Å². The van der Waals surface area contributed by atoms with Gasteiger partial charge < -0.3 is 15.2 Å². The summed E-state index contributed by atoms with van der Waals surface area (Å²) < 4.78 is 4.93. The van der Waals surface area contributed by atoms with E-state index in [-0.39, 0.29) is 18.0 Å². The molecular formula is C12H21N3O2. The topological polar surface area (TPSA) is 67.2 Å². The molecule has 0 fully saturated rings. The minimum Gasteiger partial charge on any atom is -0.361 e. The van der Waals surface area contributed by atoms with Crippen LogP contribution in [0.2, 0.25) is 0 Å². The second-order valence-corrected chi connectivity index (χ2v) is 4.82. The van der Waals surface area contributed by atoms with Crippen molar-refractivity contribution in [2.75, 3.05) is 6.54 Å². The highest BCUT2D eigenvalue weighted by Gasteiger charge is 2.17. The maximum absolute atomic E-state index is 11.6. The van der Waals surface area contributed by atoms with Gasteiger partial charge in [0.1, 0.15) is 5.76 Å². The molecule has 0 atom stereocenters. The van der Waals surface area contributed by atoms with Crippen LogP contribution < -0.4 is 10.6 Å². The van der Waals surface area contributed by atoms with Gasteiger partial charge in [-0.15, -0.1) is 0 Å². The lowest BCUT2D eigenvalue weighted by Gasteiger charge is -2.24. The minimum atomic E-state index is -0.150. The van der Waals surface area contributed by atoms with E-state index in [1.165, 1.54) is 0 Å². The van der Waals surface area contributed by atoms with Gasteiger partial charge in [-0.1, -0.05) is 12.1 Å². The summed E-state index contributed by atoms with van der Waals surface area (Å²) in [6.07, 6.45) is 0.904. The highest BCUT2D eigenvalue weighted by molar-refractivity contribution is 5.78. The zero-order valence-corrected chi connectivity index (χ0v) is 11.0. The van der Waals surface area contributed by atoms with E-state index >= 15 is 0 Å². The molecule has 1 amide bonds. The number of aryl methyl sites for hydroxylation is 1. The van der Waals surface area contributed by atoms with Gasteiger partial charge in [0.05, 0.1) is 12.2 Å². The Morgan fingerprint density at radius 2 is 2.24 bits per heavy atom. The van der Waals surface area contributed by atoms with Gasteiger partial charge in [0.2, 0.25) is 5.91 Å². The second kappa shape index (κ2) is 5.82. The second-order valence-electron chi connectivity index (χ2n) is 4.82. The van der Waals surface area contributed by atoms with Crippen LogP contribution in [0.1, 0.15) is 38.6 Å². The zero-order valence-electron chi connectivity index (χ0n) is 11.0. The van der Waals surface area contributed by atoms with E-state index in [1.54, 1.807) is 0 Å². The van der Waals surface area contributed by atoms with Gasteiger partial charge in [0, 0.05) is 18.2 Å². The highest BCUT2D eigenvalue weighted by atomic mass is 16.5. The first-order valence-corrected chi connectivity index (χ1v) is 5.87. The molecule has 17 heavy (non-hydrogen) atoms. The molecule has 0 spiro atoms.